The van der Waals surface area contributed by atoms with E-state index in [0.717, 1.165) is 0 Å². The van der Waals surface area contributed by atoms with Crippen LogP contribution < -0.4 is 0 Å². The van der Waals surface area contributed by atoms with Crippen molar-refractivity contribution in [3.63, 3.8) is 0 Å². The first-order valence-corrected chi connectivity index (χ1v) is 6.12. The molecular weight excluding hydrogens is 250 g/mol. The Hall–Kier alpha value is -1.58. The summed E-state index contributed by atoms with van der Waals surface area (Å²) >= 11 is 0. The Balaban J connectivity index is 2.67. The average Bonchev–Trinajstić information content (AvgIpc) is 2.36. The summed E-state index contributed by atoms with van der Waals surface area (Å²) in [7, 11) is 3.09. The van der Waals surface area contributed by atoms with Gasteiger partial charge in [-0.25, -0.2) is 0 Å². The van der Waals surface area contributed by atoms with Gasteiger partial charge in [-0.2, -0.15) is 0 Å². The van der Waals surface area contributed by atoms with E-state index < -0.39 is 5.97 Å². The molecule has 0 aliphatic carbocycles. The minimum atomic E-state index is -0.974. The molecule has 0 aromatic rings. The summed E-state index contributed by atoms with van der Waals surface area (Å²) < 4.78 is 10.5. The number of hydrogen-bond donors (Lipinski definition) is 1. The molecule has 1 rings (SSSR count). The molecule has 1 N–H and O–H groups in total. The highest BCUT2D eigenvalue weighted by atomic mass is 16.5. The first-order valence-electron chi connectivity index (χ1n) is 6.12. The van der Waals surface area contributed by atoms with Crippen molar-refractivity contribution >= 4 is 11.9 Å². The van der Waals surface area contributed by atoms with Gasteiger partial charge in [-0.1, -0.05) is 11.8 Å². The summed E-state index contributed by atoms with van der Waals surface area (Å²) in [5.74, 6) is 4.72. The van der Waals surface area contributed by atoms with Crippen molar-refractivity contribution in [3.05, 3.63) is 0 Å². The first-order chi connectivity index (χ1) is 9.08. The number of nitrogens with zero attached hydrogens (tertiary/aromatic N) is 1. The van der Waals surface area contributed by atoms with Crippen molar-refractivity contribution in [1.82, 2.24) is 4.90 Å². The van der Waals surface area contributed by atoms with Crippen LogP contribution in [0.25, 0.3) is 0 Å². The van der Waals surface area contributed by atoms with Crippen molar-refractivity contribution in [1.29, 1.82) is 0 Å². The average molecular weight is 269 g/mol. The molecule has 0 saturated carbocycles. The topological polar surface area (TPSA) is 76.1 Å². The second kappa shape index (κ2) is 7.77. The van der Waals surface area contributed by atoms with E-state index in [1.807, 2.05) is 0 Å². The molecule has 1 aliphatic rings. The van der Waals surface area contributed by atoms with Crippen molar-refractivity contribution < 1.29 is 24.2 Å². The summed E-state index contributed by atoms with van der Waals surface area (Å²) in [4.78, 5) is 24.0. The van der Waals surface area contributed by atoms with Crippen molar-refractivity contribution in [2.45, 2.75) is 31.5 Å². The van der Waals surface area contributed by atoms with Gasteiger partial charge in [0, 0.05) is 33.6 Å². The van der Waals surface area contributed by atoms with Gasteiger partial charge in [0.05, 0.1) is 13.0 Å². The second-order valence-corrected chi connectivity index (χ2v) is 4.24. The summed E-state index contributed by atoms with van der Waals surface area (Å²) in [5, 5.41) is 8.60. The predicted molar refractivity (Wildman–Crippen MR) is 67.4 cm³/mol. The van der Waals surface area contributed by atoms with Crippen LogP contribution in [0.4, 0.5) is 0 Å². The van der Waals surface area contributed by atoms with E-state index in [-0.39, 0.29) is 31.0 Å². The number of carboxylic acids is 1. The van der Waals surface area contributed by atoms with Crippen molar-refractivity contribution in [2.75, 3.05) is 27.3 Å². The molecule has 2 atom stereocenters. The number of carboxylic acid groups (broad SMARTS) is 1. The molecule has 0 bridgehead atoms. The molecule has 0 saturated heterocycles. The zero-order valence-electron chi connectivity index (χ0n) is 11.2. The highest BCUT2D eigenvalue weighted by Gasteiger charge is 2.26. The van der Waals surface area contributed by atoms with Gasteiger partial charge in [0.25, 0.3) is 0 Å². The molecule has 0 fully saturated rings. The minimum Gasteiger partial charge on any atom is -0.481 e. The summed E-state index contributed by atoms with van der Waals surface area (Å²) in [6, 6.07) is 0. The molecule has 19 heavy (non-hydrogen) atoms. The van der Waals surface area contributed by atoms with Crippen LogP contribution in [0.5, 0.6) is 0 Å². The number of methoxy groups -OCH3 is 2. The fourth-order valence-electron chi connectivity index (χ4n) is 1.87. The molecule has 1 amide bonds. The molecule has 106 valence electrons. The lowest BCUT2D eigenvalue weighted by Gasteiger charge is -2.30. The normalized spacial score (nSPS) is 22.9. The van der Waals surface area contributed by atoms with Gasteiger partial charge in [-0.15, -0.1) is 0 Å². The highest BCUT2D eigenvalue weighted by Crippen LogP contribution is 2.10. The van der Waals surface area contributed by atoms with Crippen molar-refractivity contribution in [2.24, 2.45) is 0 Å². The van der Waals surface area contributed by atoms with Gasteiger partial charge < -0.3 is 19.5 Å². The Bertz CT molecular complexity index is 384. The third-order valence-electron chi connectivity index (χ3n) is 2.95. The number of carbonyl (C=O) groups excluding carboxylic acids is 1. The molecule has 6 heteroatoms. The number of amides is 1. The lowest BCUT2D eigenvalue weighted by Crippen LogP contribution is -2.44. The van der Waals surface area contributed by atoms with Gasteiger partial charge >= 0.3 is 5.97 Å². The molecular formula is C13H19NO5. The van der Waals surface area contributed by atoms with Gasteiger partial charge in [-0.3, -0.25) is 9.59 Å². The Morgan fingerprint density at radius 1 is 1.32 bits per heavy atom. The highest BCUT2D eigenvalue weighted by molar-refractivity contribution is 5.80. The molecule has 1 aliphatic heterocycles. The Morgan fingerprint density at radius 3 is 2.63 bits per heavy atom. The van der Waals surface area contributed by atoms with Crippen LogP contribution in [0.1, 0.15) is 19.3 Å². The molecule has 0 radical (unpaired) electrons. The Kier molecular flexibility index (Phi) is 6.33. The quantitative estimate of drug-likeness (QED) is 0.717. The van der Waals surface area contributed by atoms with E-state index in [4.69, 9.17) is 14.6 Å². The predicted octanol–water partition coefficient (Wildman–Crippen LogP) is 0.117. The smallest absolute Gasteiger partial charge is 0.303 e. The first kappa shape index (κ1) is 15.5. The van der Waals surface area contributed by atoms with E-state index in [1.165, 1.54) is 0 Å². The SMILES string of the molecule is COC1C#CCCN(C(=O)CCC(=O)O)C[C@@H]1OC. The third kappa shape index (κ3) is 4.89. The maximum absolute atomic E-state index is 11.9. The van der Waals surface area contributed by atoms with Gasteiger partial charge in [0.2, 0.25) is 5.91 Å². The molecule has 0 aromatic carbocycles. The maximum atomic E-state index is 11.9. The number of hydrogen-bond acceptors (Lipinski definition) is 4. The number of carbonyl (C=O) groups is 2. The number of ether oxygens (including phenoxy) is 2. The maximum Gasteiger partial charge on any atom is 0.303 e. The van der Waals surface area contributed by atoms with Crippen LogP contribution in [-0.2, 0) is 19.1 Å². The van der Waals surface area contributed by atoms with E-state index in [9.17, 15) is 9.59 Å². The fraction of sp³-hybridized carbons (Fsp3) is 0.692. The second-order valence-electron chi connectivity index (χ2n) is 4.24. The molecule has 0 aromatic heterocycles. The van der Waals surface area contributed by atoms with Gasteiger partial charge in [0.1, 0.15) is 12.2 Å². The molecule has 1 unspecified atom stereocenters. The monoisotopic (exact) mass is 269 g/mol. The summed E-state index contributed by atoms with van der Waals surface area (Å²) in [6.45, 7) is 0.851. The summed E-state index contributed by atoms with van der Waals surface area (Å²) in [5.41, 5.74) is 0. The molecule has 0 spiro atoms. The lowest BCUT2D eigenvalue weighted by atomic mass is 10.1. The van der Waals surface area contributed by atoms with Crippen LogP contribution in [0.3, 0.4) is 0 Å². The Labute approximate surface area is 112 Å². The lowest BCUT2D eigenvalue weighted by molar-refractivity contribution is -0.141. The van der Waals surface area contributed by atoms with E-state index >= 15 is 0 Å². The van der Waals surface area contributed by atoms with Crippen LogP contribution in [0.2, 0.25) is 0 Å². The zero-order chi connectivity index (χ0) is 14.3. The van der Waals surface area contributed by atoms with Gasteiger partial charge in [-0.05, 0) is 0 Å². The number of aliphatic carboxylic acids is 1. The molecule has 1 heterocycles. The third-order valence-corrected chi connectivity index (χ3v) is 2.95. The van der Waals surface area contributed by atoms with E-state index in [0.29, 0.717) is 19.5 Å². The van der Waals surface area contributed by atoms with E-state index in [1.54, 1.807) is 19.1 Å². The van der Waals surface area contributed by atoms with Crippen molar-refractivity contribution in [3.8, 4) is 11.8 Å². The Morgan fingerprint density at radius 2 is 2.05 bits per heavy atom. The number of rotatable bonds is 5. The van der Waals surface area contributed by atoms with Crippen LogP contribution in [0.15, 0.2) is 0 Å². The van der Waals surface area contributed by atoms with Gasteiger partial charge in [0.15, 0.2) is 0 Å². The molecule has 6 nitrogen and oxygen atoms in total. The minimum absolute atomic E-state index is 0.00313. The van der Waals surface area contributed by atoms with Crippen LogP contribution in [-0.4, -0.2) is 61.4 Å². The standard InChI is InChI=1S/C13H19NO5/c1-18-10-5-3-4-8-14(9-11(10)19-2)12(15)6-7-13(16)17/h10-11H,4,6-9H2,1-2H3,(H,16,17)/t10?,11-/m0/s1. The van der Waals surface area contributed by atoms with Crippen LogP contribution >= 0.6 is 0 Å². The fourth-order valence-corrected chi connectivity index (χ4v) is 1.87. The largest absolute Gasteiger partial charge is 0.481 e. The zero-order valence-corrected chi connectivity index (χ0v) is 11.2. The van der Waals surface area contributed by atoms with Crippen LogP contribution in [0, 0.1) is 11.8 Å². The van der Waals surface area contributed by atoms with E-state index in [2.05, 4.69) is 11.8 Å². The summed E-state index contributed by atoms with van der Waals surface area (Å²) in [6.07, 6.45) is -0.315.